The largest absolute Gasteiger partial charge is 0.494 e. The van der Waals surface area contributed by atoms with Crippen molar-refractivity contribution in [1.29, 1.82) is 0 Å². The molecule has 0 radical (unpaired) electrons. The van der Waals surface area contributed by atoms with Crippen molar-refractivity contribution in [2.75, 3.05) is 44.2 Å². The third-order valence-corrected chi connectivity index (χ3v) is 4.30. The maximum atomic E-state index is 12.4. The van der Waals surface area contributed by atoms with Crippen LogP contribution in [0.25, 0.3) is 0 Å². The van der Waals surface area contributed by atoms with E-state index < -0.39 is 0 Å². The van der Waals surface area contributed by atoms with E-state index >= 15 is 0 Å². The van der Waals surface area contributed by atoms with Gasteiger partial charge in [-0.25, -0.2) is 9.97 Å². The van der Waals surface area contributed by atoms with Gasteiger partial charge in [0.2, 0.25) is 11.9 Å². The van der Waals surface area contributed by atoms with Gasteiger partial charge in [-0.05, 0) is 37.3 Å². The van der Waals surface area contributed by atoms with Gasteiger partial charge >= 0.3 is 0 Å². The second-order valence-electron chi connectivity index (χ2n) is 6.06. The van der Waals surface area contributed by atoms with Gasteiger partial charge in [0, 0.05) is 44.1 Å². The number of ether oxygens (including phenoxy) is 1. The lowest BCUT2D eigenvalue weighted by Crippen LogP contribution is -2.51. The summed E-state index contributed by atoms with van der Waals surface area (Å²) in [5.74, 6) is 1.02. The smallest absolute Gasteiger partial charge is 0.251 e. The fraction of sp³-hybridized carbons (Fsp3) is 0.368. The fourth-order valence-corrected chi connectivity index (χ4v) is 2.85. The van der Waals surface area contributed by atoms with Crippen molar-refractivity contribution in [3.63, 3.8) is 0 Å². The van der Waals surface area contributed by atoms with Crippen LogP contribution in [0.2, 0.25) is 0 Å². The van der Waals surface area contributed by atoms with Crippen LogP contribution in [-0.4, -0.2) is 66.0 Å². The van der Waals surface area contributed by atoms with Crippen molar-refractivity contribution < 1.29 is 14.3 Å². The Balaban J connectivity index is 1.45. The molecule has 1 N–H and O–H groups in total. The monoisotopic (exact) mass is 369 g/mol. The van der Waals surface area contributed by atoms with Crippen molar-refractivity contribution in [3.8, 4) is 5.75 Å². The predicted molar refractivity (Wildman–Crippen MR) is 101 cm³/mol. The number of hydrogen-bond donors (Lipinski definition) is 1. The first-order valence-corrected chi connectivity index (χ1v) is 8.98. The van der Waals surface area contributed by atoms with Crippen molar-refractivity contribution >= 4 is 17.8 Å². The lowest BCUT2D eigenvalue weighted by molar-refractivity contribution is -0.130. The Labute approximate surface area is 158 Å². The van der Waals surface area contributed by atoms with Gasteiger partial charge in [0.25, 0.3) is 5.91 Å². The number of amides is 2. The highest BCUT2D eigenvalue weighted by molar-refractivity contribution is 5.96. The van der Waals surface area contributed by atoms with E-state index in [0.29, 0.717) is 50.0 Å². The molecule has 1 aromatic carbocycles. The van der Waals surface area contributed by atoms with Gasteiger partial charge in [-0.3, -0.25) is 9.59 Å². The predicted octanol–water partition coefficient (Wildman–Crippen LogP) is 0.954. The number of benzene rings is 1. The molecule has 8 nitrogen and oxygen atoms in total. The maximum Gasteiger partial charge on any atom is 0.251 e. The topological polar surface area (TPSA) is 87.7 Å². The molecule has 2 heterocycles. The molecule has 3 rings (SSSR count). The van der Waals surface area contributed by atoms with Crippen molar-refractivity contribution in [2.45, 2.75) is 6.92 Å². The number of piperazine rings is 1. The summed E-state index contributed by atoms with van der Waals surface area (Å²) in [7, 11) is 0. The molecule has 2 amide bonds. The van der Waals surface area contributed by atoms with E-state index in [1.54, 1.807) is 47.6 Å². The number of rotatable bonds is 6. The highest BCUT2D eigenvalue weighted by Gasteiger charge is 2.22. The molecule has 1 aromatic heterocycles. The number of nitrogens with zero attached hydrogens (tertiary/aromatic N) is 4. The number of nitrogens with one attached hydrogen (secondary N) is 1. The van der Waals surface area contributed by atoms with E-state index in [2.05, 4.69) is 15.3 Å². The highest BCUT2D eigenvalue weighted by Crippen LogP contribution is 2.12. The summed E-state index contributed by atoms with van der Waals surface area (Å²) in [5, 5.41) is 2.68. The van der Waals surface area contributed by atoms with E-state index in [1.807, 2.05) is 11.8 Å². The Morgan fingerprint density at radius 2 is 1.74 bits per heavy atom. The molecule has 27 heavy (non-hydrogen) atoms. The molecule has 1 aliphatic rings. The van der Waals surface area contributed by atoms with E-state index in [4.69, 9.17) is 4.74 Å². The van der Waals surface area contributed by atoms with Gasteiger partial charge in [0.05, 0.1) is 13.2 Å². The maximum absolute atomic E-state index is 12.4. The second kappa shape index (κ2) is 8.98. The number of hydrogen-bond acceptors (Lipinski definition) is 6. The van der Waals surface area contributed by atoms with Crippen LogP contribution in [0.1, 0.15) is 17.3 Å². The van der Waals surface area contributed by atoms with Gasteiger partial charge in [0.15, 0.2) is 0 Å². The average Bonchev–Trinajstić information content (AvgIpc) is 2.73. The SMILES string of the molecule is CCOc1ccc(C(=O)NCC(=O)N2CCN(c3ncccn3)CC2)cc1. The molecule has 1 saturated heterocycles. The third kappa shape index (κ3) is 4.93. The molecule has 1 fully saturated rings. The lowest BCUT2D eigenvalue weighted by atomic mass is 10.2. The van der Waals surface area contributed by atoms with Crippen molar-refractivity contribution in [2.24, 2.45) is 0 Å². The Hall–Kier alpha value is -3.16. The molecule has 142 valence electrons. The lowest BCUT2D eigenvalue weighted by Gasteiger charge is -2.34. The molecule has 0 spiro atoms. The molecule has 0 unspecified atom stereocenters. The molecule has 1 aliphatic heterocycles. The summed E-state index contributed by atoms with van der Waals surface area (Å²) in [6.07, 6.45) is 3.41. The van der Waals surface area contributed by atoms with Gasteiger partial charge in [-0.1, -0.05) is 0 Å². The summed E-state index contributed by atoms with van der Waals surface area (Å²) < 4.78 is 5.35. The molecular weight excluding hydrogens is 346 g/mol. The standard InChI is InChI=1S/C19H23N5O3/c1-2-27-16-6-4-15(5-7-16)18(26)22-14-17(25)23-10-12-24(13-11-23)19-20-8-3-9-21-19/h3-9H,2,10-14H2,1H3,(H,22,26). The number of carbonyl (C=O) groups is 2. The highest BCUT2D eigenvalue weighted by atomic mass is 16.5. The molecule has 0 saturated carbocycles. The minimum absolute atomic E-state index is 0.0200. The number of carbonyl (C=O) groups excluding carboxylic acids is 2. The molecule has 2 aromatic rings. The zero-order valence-electron chi connectivity index (χ0n) is 15.3. The average molecular weight is 369 g/mol. The fourth-order valence-electron chi connectivity index (χ4n) is 2.85. The summed E-state index contributed by atoms with van der Waals surface area (Å²) in [6, 6.07) is 8.62. The van der Waals surface area contributed by atoms with E-state index in [1.165, 1.54) is 0 Å². The Kier molecular flexibility index (Phi) is 6.19. The zero-order valence-corrected chi connectivity index (χ0v) is 15.3. The normalized spacial score (nSPS) is 14.0. The number of aromatic nitrogens is 2. The molecule has 0 atom stereocenters. The van der Waals surface area contributed by atoms with Crippen LogP contribution in [0, 0.1) is 0 Å². The van der Waals surface area contributed by atoms with Crippen LogP contribution >= 0.6 is 0 Å². The van der Waals surface area contributed by atoms with E-state index in [9.17, 15) is 9.59 Å². The first-order chi connectivity index (χ1) is 13.2. The van der Waals surface area contributed by atoms with Gasteiger partial charge < -0.3 is 19.9 Å². The van der Waals surface area contributed by atoms with Gasteiger partial charge in [-0.15, -0.1) is 0 Å². The second-order valence-corrected chi connectivity index (χ2v) is 6.06. The summed E-state index contributed by atoms with van der Waals surface area (Å²) in [4.78, 5) is 36.8. The molecule has 8 heteroatoms. The summed E-state index contributed by atoms with van der Waals surface area (Å²) in [6.45, 7) is 4.95. The van der Waals surface area contributed by atoms with Crippen LogP contribution < -0.4 is 15.0 Å². The van der Waals surface area contributed by atoms with Crippen LogP contribution in [0.3, 0.4) is 0 Å². The Bertz CT molecular complexity index is 759. The van der Waals surface area contributed by atoms with E-state index in [0.717, 1.165) is 0 Å². The van der Waals surface area contributed by atoms with Crippen LogP contribution in [0.4, 0.5) is 5.95 Å². The minimum atomic E-state index is -0.275. The molecule has 0 bridgehead atoms. The Morgan fingerprint density at radius 3 is 2.37 bits per heavy atom. The molecule has 0 aliphatic carbocycles. The first kappa shape index (κ1) is 18.6. The van der Waals surface area contributed by atoms with Gasteiger partial charge in [-0.2, -0.15) is 0 Å². The Morgan fingerprint density at radius 1 is 1.07 bits per heavy atom. The summed E-state index contributed by atoms with van der Waals surface area (Å²) in [5.41, 5.74) is 0.497. The van der Waals surface area contributed by atoms with Crippen LogP contribution in [0.15, 0.2) is 42.7 Å². The summed E-state index contributed by atoms with van der Waals surface area (Å²) >= 11 is 0. The molecular formula is C19H23N5O3. The number of anilines is 1. The zero-order chi connectivity index (χ0) is 19.1. The van der Waals surface area contributed by atoms with Crippen molar-refractivity contribution in [1.82, 2.24) is 20.2 Å². The first-order valence-electron chi connectivity index (χ1n) is 8.98. The minimum Gasteiger partial charge on any atom is -0.494 e. The van der Waals surface area contributed by atoms with E-state index in [-0.39, 0.29) is 18.4 Å². The van der Waals surface area contributed by atoms with Gasteiger partial charge in [0.1, 0.15) is 5.75 Å². The third-order valence-electron chi connectivity index (χ3n) is 4.30. The quantitative estimate of drug-likeness (QED) is 0.816. The van der Waals surface area contributed by atoms with Crippen molar-refractivity contribution in [3.05, 3.63) is 48.3 Å². The van der Waals surface area contributed by atoms with Crippen LogP contribution in [-0.2, 0) is 4.79 Å². The van der Waals surface area contributed by atoms with Crippen LogP contribution in [0.5, 0.6) is 5.75 Å².